The lowest BCUT2D eigenvalue weighted by atomic mass is 10.2. The Morgan fingerprint density at radius 3 is 2.18 bits per heavy atom. The lowest BCUT2D eigenvalue weighted by Crippen LogP contribution is -1.96. The van der Waals surface area contributed by atoms with E-state index in [2.05, 4.69) is 26.7 Å². The quantitative estimate of drug-likeness (QED) is 0.476. The van der Waals surface area contributed by atoms with E-state index in [-0.39, 0.29) is 0 Å². The van der Waals surface area contributed by atoms with Crippen LogP contribution >= 0.6 is 0 Å². The summed E-state index contributed by atoms with van der Waals surface area (Å²) in [6, 6.07) is 0. The summed E-state index contributed by atoms with van der Waals surface area (Å²) < 4.78 is 0. The fourth-order valence-electron chi connectivity index (χ4n) is 0.526. The summed E-state index contributed by atoms with van der Waals surface area (Å²) in [5, 5.41) is 0. The predicted molar refractivity (Wildman–Crippen MR) is 51.9 cm³/mol. The van der Waals surface area contributed by atoms with Crippen LogP contribution in [0.2, 0.25) is 0 Å². The van der Waals surface area contributed by atoms with Gasteiger partial charge in [-0.1, -0.05) is 18.6 Å². The molecule has 62 valence electrons. The monoisotopic (exact) mass is 151 g/mol. The normalized spacial score (nSPS) is 11.7. The van der Waals surface area contributed by atoms with Crippen LogP contribution < -0.4 is 5.73 Å². The molecule has 0 aliphatic carbocycles. The lowest BCUT2D eigenvalue weighted by molar-refractivity contribution is 1.06. The molecule has 0 radical (unpaired) electrons. The highest BCUT2D eigenvalue weighted by Crippen LogP contribution is 2.02. The third-order valence-corrected chi connectivity index (χ3v) is 1.37. The summed E-state index contributed by atoms with van der Waals surface area (Å²) in [4.78, 5) is 0. The Morgan fingerprint density at radius 2 is 1.91 bits per heavy atom. The van der Waals surface area contributed by atoms with Crippen molar-refractivity contribution in [3.63, 3.8) is 0 Å². The minimum atomic E-state index is 0.903. The number of hydrogen-bond donors (Lipinski definition) is 1. The molecule has 0 aromatic carbocycles. The topological polar surface area (TPSA) is 26.0 Å². The molecule has 2 N–H and O–H groups in total. The second-order valence-electron chi connectivity index (χ2n) is 2.09. The van der Waals surface area contributed by atoms with Crippen molar-refractivity contribution in [3.8, 4) is 12.8 Å². The molecule has 0 unspecified atom stereocenters. The molecule has 0 atom stereocenters. The van der Waals surface area contributed by atoms with Gasteiger partial charge in [-0.25, -0.2) is 0 Å². The zero-order valence-corrected chi connectivity index (χ0v) is 7.59. The van der Waals surface area contributed by atoms with Gasteiger partial charge in [-0.2, -0.15) is 0 Å². The van der Waals surface area contributed by atoms with Gasteiger partial charge in [0, 0.05) is 5.70 Å². The largest absolute Gasteiger partial charge is 0.399 e. The number of nitrogens with two attached hydrogens (primary N) is 1. The van der Waals surface area contributed by atoms with Gasteiger partial charge in [-0.15, -0.1) is 12.8 Å². The maximum absolute atomic E-state index is 5.63. The number of rotatable bonds is 2. The van der Waals surface area contributed by atoms with Crippen LogP contribution in [0.1, 0.15) is 27.2 Å². The molecule has 0 aliphatic rings. The van der Waals surface area contributed by atoms with Gasteiger partial charge >= 0.3 is 0 Å². The van der Waals surface area contributed by atoms with Gasteiger partial charge in [0.2, 0.25) is 0 Å². The Balaban J connectivity index is 0. The second-order valence-corrected chi connectivity index (χ2v) is 2.09. The van der Waals surface area contributed by atoms with E-state index in [1.165, 1.54) is 5.57 Å². The molecule has 1 nitrogen and oxygen atoms in total. The van der Waals surface area contributed by atoms with Crippen molar-refractivity contribution in [2.24, 2.45) is 5.73 Å². The zero-order valence-electron chi connectivity index (χ0n) is 7.59. The van der Waals surface area contributed by atoms with E-state index in [9.17, 15) is 0 Å². The maximum atomic E-state index is 5.63. The molecule has 0 aromatic heterocycles. The molecule has 0 bridgehead atoms. The molecule has 0 amide bonds. The molecular weight excluding hydrogens is 134 g/mol. The smallest absolute Gasteiger partial charge is 0.0299 e. The minimum absolute atomic E-state index is 0.903. The van der Waals surface area contributed by atoms with E-state index in [1.807, 2.05) is 19.1 Å². The Hall–Kier alpha value is -1.16. The number of hydrogen-bond acceptors (Lipinski definition) is 1. The van der Waals surface area contributed by atoms with Crippen molar-refractivity contribution in [3.05, 3.63) is 23.4 Å². The summed E-state index contributed by atoms with van der Waals surface area (Å²) >= 11 is 0. The Morgan fingerprint density at radius 1 is 1.45 bits per heavy atom. The van der Waals surface area contributed by atoms with Crippen LogP contribution in [0.4, 0.5) is 0 Å². The van der Waals surface area contributed by atoms with Crippen LogP contribution in [-0.2, 0) is 0 Å². The first-order valence-corrected chi connectivity index (χ1v) is 3.63. The van der Waals surface area contributed by atoms with Crippen molar-refractivity contribution in [1.29, 1.82) is 0 Å². The summed E-state index contributed by atoms with van der Waals surface area (Å²) in [6.07, 6.45) is 12.9. The van der Waals surface area contributed by atoms with Gasteiger partial charge in [0.1, 0.15) is 0 Å². The van der Waals surface area contributed by atoms with E-state index in [0.29, 0.717) is 0 Å². The molecule has 1 heteroatoms. The van der Waals surface area contributed by atoms with Crippen LogP contribution in [0.15, 0.2) is 23.4 Å². The van der Waals surface area contributed by atoms with E-state index >= 15 is 0 Å². The Bertz CT molecular complexity index is 161. The Labute approximate surface area is 70.0 Å². The van der Waals surface area contributed by atoms with Crippen LogP contribution in [-0.4, -0.2) is 0 Å². The van der Waals surface area contributed by atoms with Crippen LogP contribution in [0, 0.1) is 12.8 Å². The maximum Gasteiger partial charge on any atom is 0.0299 e. The van der Waals surface area contributed by atoms with Gasteiger partial charge < -0.3 is 5.73 Å². The van der Waals surface area contributed by atoms with Gasteiger partial charge in [0.25, 0.3) is 0 Å². The third-order valence-electron chi connectivity index (χ3n) is 1.37. The molecule has 0 fully saturated rings. The van der Waals surface area contributed by atoms with Crippen LogP contribution in [0.5, 0.6) is 0 Å². The molecule has 0 saturated heterocycles. The van der Waals surface area contributed by atoms with Gasteiger partial charge in [0.15, 0.2) is 0 Å². The van der Waals surface area contributed by atoms with Crippen molar-refractivity contribution in [1.82, 2.24) is 0 Å². The highest BCUT2D eigenvalue weighted by Gasteiger charge is 1.87. The number of terminal acetylenes is 1. The van der Waals surface area contributed by atoms with Crippen molar-refractivity contribution < 1.29 is 0 Å². The summed E-state index contributed by atoms with van der Waals surface area (Å²) in [7, 11) is 0. The van der Waals surface area contributed by atoms with E-state index < -0.39 is 0 Å². The number of allylic oxidation sites excluding steroid dienone is 3. The fourth-order valence-corrected chi connectivity index (χ4v) is 0.526. The van der Waals surface area contributed by atoms with E-state index in [4.69, 9.17) is 5.73 Å². The molecule has 0 heterocycles. The average Bonchev–Trinajstić information content (AvgIpc) is 2.07. The summed E-state index contributed by atoms with van der Waals surface area (Å²) in [5.41, 5.74) is 7.79. The highest BCUT2D eigenvalue weighted by atomic mass is 14.6. The summed E-state index contributed by atoms with van der Waals surface area (Å²) in [5.74, 6) is 0. The SMILES string of the molecule is C#C.C/C=C\C(N)=C(\C)CC. The van der Waals surface area contributed by atoms with Gasteiger partial charge in [-0.3, -0.25) is 0 Å². The first-order chi connectivity index (χ1) is 5.22. The molecule has 0 rings (SSSR count). The van der Waals surface area contributed by atoms with E-state index in [1.54, 1.807) is 0 Å². The fraction of sp³-hybridized carbons (Fsp3) is 0.400. The minimum Gasteiger partial charge on any atom is -0.399 e. The first-order valence-electron chi connectivity index (χ1n) is 3.63. The molecule has 0 aromatic rings. The van der Waals surface area contributed by atoms with Crippen molar-refractivity contribution >= 4 is 0 Å². The molecule has 11 heavy (non-hydrogen) atoms. The summed E-state index contributed by atoms with van der Waals surface area (Å²) in [6.45, 7) is 6.12. The average molecular weight is 151 g/mol. The standard InChI is InChI=1S/C8H15N.C2H2/c1-4-6-8(9)7(3)5-2;1-2/h4,6H,5,9H2,1-3H3;1-2H/b6-4-,8-7+;. The zero-order chi connectivity index (χ0) is 9.28. The lowest BCUT2D eigenvalue weighted by Gasteiger charge is -1.97. The van der Waals surface area contributed by atoms with E-state index in [0.717, 1.165) is 12.1 Å². The third kappa shape index (κ3) is 6.73. The molecule has 0 aliphatic heterocycles. The van der Waals surface area contributed by atoms with Crippen molar-refractivity contribution in [2.75, 3.05) is 0 Å². The van der Waals surface area contributed by atoms with Crippen molar-refractivity contribution in [2.45, 2.75) is 27.2 Å². The molecule has 0 spiro atoms. The van der Waals surface area contributed by atoms with Crippen LogP contribution in [0.25, 0.3) is 0 Å². The van der Waals surface area contributed by atoms with Gasteiger partial charge in [0.05, 0.1) is 0 Å². The van der Waals surface area contributed by atoms with Crippen LogP contribution in [0.3, 0.4) is 0 Å². The second kappa shape index (κ2) is 8.84. The Kier molecular flexibility index (Phi) is 10.1. The highest BCUT2D eigenvalue weighted by molar-refractivity contribution is 5.20. The molecule has 0 saturated carbocycles. The molecular formula is C10H17N. The predicted octanol–water partition coefficient (Wildman–Crippen LogP) is 2.45. The van der Waals surface area contributed by atoms with Gasteiger partial charge in [-0.05, 0) is 26.3 Å². The first kappa shape index (κ1) is 12.5.